The van der Waals surface area contributed by atoms with Crippen molar-refractivity contribution >= 4 is 23.4 Å². The fourth-order valence-electron chi connectivity index (χ4n) is 3.11. The van der Waals surface area contributed by atoms with Gasteiger partial charge in [0.05, 0.1) is 25.3 Å². The number of hydrogen-bond acceptors (Lipinski definition) is 5. The molecule has 3 amide bonds. The van der Waals surface area contributed by atoms with Crippen molar-refractivity contribution < 1.29 is 23.9 Å². The molecule has 0 atom stereocenters. The molecule has 0 radical (unpaired) electrons. The first-order valence-corrected chi connectivity index (χ1v) is 9.38. The predicted molar refractivity (Wildman–Crippen MR) is 109 cm³/mol. The highest BCUT2D eigenvalue weighted by Crippen LogP contribution is 2.28. The number of nitrogens with one attached hydrogen (secondary N) is 1. The minimum Gasteiger partial charge on any atom is -0.497 e. The predicted octanol–water partition coefficient (Wildman–Crippen LogP) is 3.60. The van der Waals surface area contributed by atoms with Crippen LogP contribution in [0.4, 0.5) is 5.69 Å². The fraction of sp³-hybridized carbons (Fsp3) is 0.318. The van der Waals surface area contributed by atoms with E-state index in [-0.39, 0.29) is 22.9 Å². The largest absolute Gasteiger partial charge is 0.497 e. The number of anilines is 1. The highest BCUT2D eigenvalue weighted by Gasteiger charge is 2.35. The van der Waals surface area contributed by atoms with Crippen LogP contribution in [-0.2, 0) is 0 Å². The first kappa shape index (κ1) is 20.4. The molecule has 1 N–H and O–H groups in total. The summed E-state index contributed by atoms with van der Waals surface area (Å²) in [5.41, 5.74) is 1.37. The molecule has 29 heavy (non-hydrogen) atoms. The molecule has 0 unspecified atom stereocenters. The van der Waals surface area contributed by atoms with E-state index < -0.39 is 5.91 Å². The molecular formula is C22H24N2O5. The second kappa shape index (κ2) is 8.34. The monoisotopic (exact) mass is 396 g/mol. The summed E-state index contributed by atoms with van der Waals surface area (Å²) in [4.78, 5) is 39.1. The van der Waals surface area contributed by atoms with E-state index in [2.05, 4.69) is 5.32 Å². The maximum absolute atomic E-state index is 12.7. The Morgan fingerprint density at radius 3 is 2.17 bits per heavy atom. The lowest BCUT2D eigenvalue weighted by Crippen LogP contribution is -2.31. The maximum Gasteiger partial charge on any atom is 0.261 e. The van der Waals surface area contributed by atoms with Crippen LogP contribution in [0.15, 0.2) is 36.4 Å². The second-order valence-corrected chi connectivity index (χ2v) is 7.26. The molecule has 3 rings (SSSR count). The van der Waals surface area contributed by atoms with Crippen molar-refractivity contribution in [3.8, 4) is 11.5 Å². The zero-order valence-electron chi connectivity index (χ0n) is 16.9. The Morgan fingerprint density at radius 2 is 1.59 bits per heavy atom. The number of benzene rings is 2. The van der Waals surface area contributed by atoms with Crippen LogP contribution in [-0.4, -0.2) is 43.4 Å². The molecule has 0 aromatic heterocycles. The van der Waals surface area contributed by atoms with Gasteiger partial charge in [-0.1, -0.05) is 13.8 Å². The Bertz CT molecular complexity index is 945. The highest BCUT2D eigenvalue weighted by molar-refractivity contribution is 6.22. The minimum atomic E-state index is -0.399. The number of hydrogen-bond donors (Lipinski definition) is 1. The summed E-state index contributed by atoms with van der Waals surface area (Å²) in [6, 6.07) is 9.57. The van der Waals surface area contributed by atoms with Gasteiger partial charge in [0.25, 0.3) is 17.7 Å². The van der Waals surface area contributed by atoms with Crippen molar-refractivity contribution in [3.05, 3.63) is 53.1 Å². The van der Waals surface area contributed by atoms with E-state index in [1.807, 2.05) is 13.8 Å². The topological polar surface area (TPSA) is 84.9 Å². The molecule has 152 valence electrons. The van der Waals surface area contributed by atoms with Gasteiger partial charge in [-0.2, -0.15) is 0 Å². The smallest absolute Gasteiger partial charge is 0.261 e. The van der Waals surface area contributed by atoms with E-state index in [1.54, 1.807) is 24.3 Å². The van der Waals surface area contributed by atoms with E-state index in [9.17, 15) is 14.4 Å². The Kier molecular flexibility index (Phi) is 5.87. The molecule has 7 nitrogen and oxygen atoms in total. The number of fused-ring (bicyclic) bond motifs is 1. The molecule has 1 aliphatic heterocycles. The molecule has 2 aromatic rings. The van der Waals surface area contributed by atoms with Gasteiger partial charge in [0.15, 0.2) is 0 Å². The van der Waals surface area contributed by atoms with Crippen molar-refractivity contribution in [2.75, 3.05) is 26.1 Å². The Labute approximate surface area is 169 Å². The van der Waals surface area contributed by atoms with Crippen LogP contribution in [0.1, 0.15) is 51.3 Å². The summed E-state index contributed by atoms with van der Waals surface area (Å²) in [7, 11) is 3.04. The van der Waals surface area contributed by atoms with Crippen LogP contribution in [0.3, 0.4) is 0 Å². The van der Waals surface area contributed by atoms with E-state index in [0.29, 0.717) is 35.2 Å². The SMILES string of the molecule is COc1cc(NC(=O)c2ccc3c(c2)C(=O)N(CCC(C)C)C3=O)cc(OC)c1. The quantitative estimate of drug-likeness (QED) is 0.723. The third-order valence-electron chi connectivity index (χ3n) is 4.77. The second-order valence-electron chi connectivity index (χ2n) is 7.26. The third-order valence-corrected chi connectivity index (χ3v) is 4.77. The summed E-state index contributed by atoms with van der Waals surface area (Å²) in [6.07, 6.45) is 0.733. The van der Waals surface area contributed by atoms with Crippen LogP contribution in [0.5, 0.6) is 11.5 Å². The van der Waals surface area contributed by atoms with Crippen molar-refractivity contribution in [2.24, 2.45) is 5.92 Å². The Hall–Kier alpha value is -3.35. The van der Waals surface area contributed by atoms with Crippen LogP contribution in [0.2, 0.25) is 0 Å². The summed E-state index contributed by atoms with van der Waals surface area (Å²) in [5, 5.41) is 2.77. The summed E-state index contributed by atoms with van der Waals surface area (Å²) in [6.45, 7) is 4.44. The molecule has 1 heterocycles. The molecule has 0 aliphatic carbocycles. The molecule has 7 heteroatoms. The number of ether oxygens (including phenoxy) is 2. The van der Waals surface area contributed by atoms with Crippen molar-refractivity contribution in [3.63, 3.8) is 0 Å². The number of carbonyl (C=O) groups excluding carboxylic acids is 3. The zero-order chi connectivity index (χ0) is 21.1. The number of amides is 3. The van der Waals surface area contributed by atoms with Gasteiger partial charge in [-0.3, -0.25) is 19.3 Å². The molecule has 0 spiro atoms. The van der Waals surface area contributed by atoms with Crippen LogP contribution < -0.4 is 14.8 Å². The lowest BCUT2D eigenvalue weighted by atomic mass is 10.1. The Morgan fingerprint density at radius 1 is 0.966 bits per heavy atom. The summed E-state index contributed by atoms with van der Waals surface area (Å²) >= 11 is 0. The third kappa shape index (κ3) is 4.23. The Balaban J connectivity index is 1.82. The van der Waals surface area contributed by atoms with Gasteiger partial charge in [0.2, 0.25) is 0 Å². The average molecular weight is 396 g/mol. The van der Waals surface area contributed by atoms with E-state index in [0.717, 1.165) is 6.42 Å². The summed E-state index contributed by atoms with van der Waals surface area (Å²) < 4.78 is 10.4. The van der Waals surface area contributed by atoms with Gasteiger partial charge in [-0.05, 0) is 30.5 Å². The number of rotatable bonds is 7. The van der Waals surface area contributed by atoms with Gasteiger partial charge < -0.3 is 14.8 Å². The fourth-order valence-corrected chi connectivity index (χ4v) is 3.11. The average Bonchev–Trinajstić information content (AvgIpc) is 2.95. The van der Waals surface area contributed by atoms with Crippen LogP contribution in [0, 0.1) is 5.92 Å². The van der Waals surface area contributed by atoms with E-state index in [1.165, 1.54) is 31.3 Å². The normalized spacial score (nSPS) is 12.9. The maximum atomic E-state index is 12.7. The van der Waals surface area contributed by atoms with Crippen molar-refractivity contribution in [2.45, 2.75) is 20.3 Å². The summed E-state index contributed by atoms with van der Waals surface area (Å²) in [5.74, 6) is 0.383. The van der Waals surface area contributed by atoms with Crippen LogP contribution >= 0.6 is 0 Å². The van der Waals surface area contributed by atoms with Crippen LogP contribution in [0.25, 0.3) is 0 Å². The number of carbonyl (C=O) groups is 3. The minimum absolute atomic E-state index is 0.259. The van der Waals surface area contributed by atoms with E-state index >= 15 is 0 Å². The lowest BCUT2D eigenvalue weighted by molar-refractivity contribution is 0.0647. The van der Waals surface area contributed by atoms with Gasteiger partial charge in [0.1, 0.15) is 11.5 Å². The first-order valence-electron chi connectivity index (χ1n) is 9.38. The van der Waals surface area contributed by atoms with E-state index in [4.69, 9.17) is 9.47 Å². The molecular weight excluding hydrogens is 372 g/mol. The molecule has 0 fully saturated rings. The standard InChI is InChI=1S/C22H24N2O5/c1-13(2)7-8-24-21(26)18-6-5-14(9-19(18)22(24)27)20(25)23-15-10-16(28-3)12-17(11-15)29-4/h5-6,9-13H,7-8H2,1-4H3,(H,23,25). The molecule has 1 aliphatic rings. The van der Waals surface area contributed by atoms with Gasteiger partial charge in [0, 0.05) is 36.0 Å². The molecule has 0 saturated carbocycles. The zero-order valence-corrected chi connectivity index (χ0v) is 16.9. The van der Waals surface area contributed by atoms with Crippen molar-refractivity contribution in [1.29, 1.82) is 0 Å². The van der Waals surface area contributed by atoms with Gasteiger partial charge in [-0.25, -0.2) is 0 Å². The molecule has 2 aromatic carbocycles. The highest BCUT2D eigenvalue weighted by atomic mass is 16.5. The number of methoxy groups -OCH3 is 2. The molecule has 0 saturated heterocycles. The number of nitrogens with zero attached hydrogens (tertiary/aromatic N) is 1. The lowest BCUT2D eigenvalue weighted by Gasteiger charge is -2.14. The van der Waals surface area contributed by atoms with Gasteiger partial charge >= 0.3 is 0 Å². The number of imide groups is 1. The van der Waals surface area contributed by atoms with Gasteiger partial charge in [-0.15, -0.1) is 0 Å². The van der Waals surface area contributed by atoms with Crippen molar-refractivity contribution in [1.82, 2.24) is 4.90 Å². The first-order chi connectivity index (χ1) is 13.8. The molecule has 0 bridgehead atoms.